The maximum Gasteiger partial charge on any atom is 0.159 e. The molecule has 104 valence electrons. The normalized spacial score (nSPS) is 10.3. The van der Waals surface area contributed by atoms with Crippen LogP contribution in [0.5, 0.6) is 0 Å². The Bertz CT molecular complexity index is 634. The molecule has 0 radical (unpaired) electrons. The first-order valence-corrected chi connectivity index (χ1v) is 6.51. The van der Waals surface area contributed by atoms with Gasteiger partial charge in [0.25, 0.3) is 0 Å². The molecule has 0 aliphatic rings. The van der Waals surface area contributed by atoms with Crippen molar-refractivity contribution in [2.24, 2.45) is 5.73 Å². The minimum Gasteiger partial charge on any atom is -0.389 e. The van der Waals surface area contributed by atoms with E-state index in [0.717, 1.165) is 5.56 Å². The van der Waals surface area contributed by atoms with Gasteiger partial charge in [0.1, 0.15) is 10.8 Å². The Morgan fingerprint density at radius 2 is 2.00 bits per heavy atom. The third-order valence-corrected chi connectivity index (χ3v) is 3.16. The highest BCUT2D eigenvalue weighted by molar-refractivity contribution is 7.80. The van der Waals surface area contributed by atoms with Crippen LogP contribution in [0.4, 0.5) is 10.2 Å². The Morgan fingerprint density at radius 1 is 1.35 bits per heavy atom. The monoisotopic (exact) mass is 290 g/mol. The van der Waals surface area contributed by atoms with Gasteiger partial charge in [-0.05, 0) is 36.6 Å². The predicted octanol–water partition coefficient (Wildman–Crippen LogP) is 2.48. The van der Waals surface area contributed by atoms with E-state index in [1.807, 2.05) is 0 Å². The zero-order valence-electron chi connectivity index (χ0n) is 11.3. The lowest BCUT2D eigenvalue weighted by Crippen LogP contribution is -2.15. The van der Waals surface area contributed by atoms with Crippen molar-refractivity contribution >= 4 is 23.0 Å². The summed E-state index contributed by atoms with van der Waals surface area (Å²) in [5.74, 6) is 0.358. The van der Waals surface area contributed by atoms with Crippen molar-refractivity contribution in [1.29, 1.82) is 0 Å². The molecule has 0 bridgehead atoms. The topological polar surface area (TPSA) is 63.8 Å². The van der Waals surface area contributed by atoms with Gasteiger partial charge >= 0.3 is 0 Å². The van der Waals surface area contributed by atoms with Gasteiger partial charge in [-0.3, -0.25) is 0 Å². The molecule has 0 aliphatic heterocycles. The first-order chi connectivity index (χ1) is 9.49. The van der Waals surface area contributed by atoms with Gasteiger partial charge in [0.05, 0.1) is 11.8 Å². The standard InChI is InChI=1S/C14H15FN4S/c1-8-5-10(6-9(2)12(8)15)7-17-14-11(13(16)20)3-4-18-19-14/h3-6H,7H2,1-2H3,(H2,16,20)(H,17,19). The van der Waals surface area contributed by atoms with Crippen LogP contribution >= 0.6 is 12.2 Å². The first-order valence-electron chi connectivity index (χ1n) is 6.10. The van der Waals surface area contributed by atoms with Crippen molar-refractivity contribution in [3.05, 3.63) is 52.5 Å². The van der Waals surface area contributed by atoms with E-state index in [4.69, 9.17) is 18.0 Å². The van der Waals surface area contributed by atoms with E-state index < -0.39 is 0 Å². The fraction of sp³-hybridized carbons (Fsp3) is 0.214. The molecular formula is C14H15FN4S. The van der Waals surface area contributed by atoms with Crippen LogP contribution in [0.15, 0.2) is 24.4 Å². The number of benzene rings is 1. The number of nitrogens with zero attached hydrogens (tertiary/aromatic N) is 2. The molecule has 0 aliphatic carbocycles. The van der Waals surface area contributed by atoms with Gasteiger partial charge in [-0.15, -0.1) is 5.10 Å². The Hall–Kier alpha value is -2.08. The number of aryl methyl sites for hydroxylation is 2. The molecule has 6 heteroatoms. The van der Waals surface area contributed by atoms with Gasteiger partial charge in [-0.25, -0.2) is 4.39 Å². The van der Waals surface area contributed by atoms with E-state index in [0.29, 0.717) is 29.1 Å². The van der Waals surface area contributed by atoms with Crippen molar-refractivity contribution in [1.82, 2.24) is 10.2 Å². The number of rotatable bonds is 4. The molecule has 3 N–H and O–H groups in total. The molecule has 0 fully saturated rings. The number of anilines is 1. The summed E-state index contributed by atoms with van der Waals surface area (Å²) in [4.78, 5) is 0.258. The minimum absolute atomic E-state index is 0.169. The van der Waals surface area contributed by atoms with Crippen LogP contribution in [0.1, 0.15) is 22.3 Å². The van der Waals surface area contributed by atoms with E-state index in [9.17, 15) is 4.39 Å². The van der Waals surface area contributed by atoms with E-state index in [1.54, 1.807) is 32.0 Å². The van der Waals surface area contributed by atoms with Crippen LogP contribution in [-0.2, 0) is 6.54 Å². The van der Waals surface area contributed by atoms with Crippen molar-refractivity contribution in [3.8, 4) is 0 Å². The third kappa shape index (κ3) is 3.08. The molecule has 0 atom stereocenters. The van der Waals surface area contributed by atoms with Crippen molar-refractivity contribution < 1.29 is 4.39 Å². The average Bonchev–Trinajstić information content (AvgIpc) is 2.42. The molecule has 2 rings (SSSR count). The van der Waals surface area contributed by atoms with Gasteiger partial charge in [0.15, 0.2) is 5.82 Å². The third-order valence-electron chi connectivity index (χ3n) is 2.94. The van der Waals surface area contributed by atoms with Crippen LogP contribution < -0.4 is 11.1 Å². The van der Waals surface area contributed by atoms with Crippen LogP contribution in [0, 0.1) is 19.7 Å². The Labute approximate surface area is 122 Å². The Morgan fingerprint density at radius 3 is 2.60 bits per heavy atom. The quantitative estimate of drug-likeness (QED) is 0.847. The zero-order valence-corrected chi connectivity index (χ0v) is 12.1. The van der Waals surface area contributed by atoms with Gasteiger partial charge < -0.3 is 11.1 Å². The number of nitrogens with one attached hydrogen (secondary N) is 1. The summed E-state index contributed by atoms with van der Waals surface area (Å²) in [5, 5.41) is 10.9. The smallest absolute Gasteiger partial charge is 0.159 e. The minimum atomic E-state index is -0.169. The summed E-state index contributed by atoms with van der Waals surface area (Å²) in [7, 11) is 0. The molecule has 20 heavy (non-hydrogen) atoms. The van der Waals surface area contributed by atoms with Crippen LogP contribution in [0.2, 0.25) is 0 Å². The molecular weight excluding hydrogens is 275 g/mol. The molecule has 0 saturated heterocycles. The largest absolute Gasteiger partial charge is 0.389 e. The molecule has 1 aromatic carbocycles. The second-order valence-corrected chi connectivity index (χ2v) is 4.99. The maximum absolute atomic E-state index is 13.6. The molecule has 1 aromatic heterocycles. The van der Waals surface area contributed by atoms with Crippen LogP contribution in [0.25, 0.3) is 0 Å². The molecule has 1 heterocycles. The molecule has 0 saturated carbocycles. The Balaban J connectivity index is 2.19. The predicted molar refractivity (Wildman–Crippen MR) is 81.1 cm³/mol. The molecule has 4 nitrogen and oxygen atoms in total. The Kier molecular flexibility index (Phi) is 4.24. The SMILES string of the molecule is Cc1cc(CNc2nnccc2C(N)=S)cc(C)c1F. The number of hydrogen-bond acceptors (Lipinski definition) is 4. The summed E-state index contributed by atoms with van der Waals surface area (Å²) in [5.41, 5.74) is 8.47. The summed E-state index contributed by atoms with van der Waals surface area (Å²) in [6, 6.07) is 5.30. The van der Waals surface area contributed by atoms with E-state index in [-0.39, 0.29) is 10.8 Å². The van der Waals surface area contributed by atoms with Gasteiger partial charge in [0, 0.05) is 6.54 Å². The molecule has 0 unspecified atom stereocenters. The number of thiocarbonyl (C=S) groups is 1. The number of nitrogens with two attached hydrogens (primary N) is 1. The number of hydrogen-bond donors (Lipinski definition) is 2. The summed E-state index contributed by atoms with van der Waals surface area (Å²) in [6.45, 7) is 3.99. The van der Waals surface area contributed by atoms with Gasteiger partial charge in [-0.1, -0.05) is 24.4 Å². The fourth-order valence-electron chi connectivity index (χ4n) is 1.98. The van der Waals surface area contributed by atoms with Gasteiger partial charge in [0.2, 0.25) is 0 Å². The molecule has 0 spiro atoms. The summed E-state index contributed by atoms with van der Waals surface area (Å²) in [6.07, 6.45) is 1.53. The van der Waals surface area contributed by atoms with Crippen LogP contribution in [0.3, 0.4) is 0 Å². The highest BCUT2D eigenvalue weighted by Crippen LogP contribution is 2.17. The molecule has 2 aromatic rings. The second kappa shape index (κ2) is 5.92. The lowest BCUT2D eigenvalue weighted by Gasteiger charge is -2.10. The van der Waals surface area contributed by atoms with Crippen molar-refractivity contribution in [2.45, 2.75) is 20.4 Å². The van der Waals surface area contributed by atoms with Gasteiger partial charge in [-0.2, -0.15) is 5.10 Å². The maximum atomic E-state index is 13.6. The number of aromatic nitrogens is 2. The van der Waals surface area contributed by atoms with E-state index in [2.05, 4.69) is 15.5 Å². The summed E-state index contributed by atoms with van der Waals surface area (Å²) >= 11 is 4.96. The average molecular weight is 290 g/mol. The van der Waals surface area contributed by atoms with Crippen LogP contribution in [-0.4, -0.2) is 15.2 Å². The lowest BCUT2D eigenvalue weighted by molar-refractivity contribution is 0.608. The zero-order chi connectivity index (χ0) is 14.7. The van der Waals surface area contributed by atoms with E-state index in [1.165, 1.54) is 6.20 Å². The molecule has 0 amide bonds. The lowest BCUT2D eigenvalue weighted by atomic mass is 10.1. The van der Waals surface area contributed by atoms with Crippen molar-refractivity contribution in [2.75, 3.05) is 5.32 Å². The first kappa shape index (κ1) is 14.3. The summed E-state index contributed by atoms with van der Waals surface area (Å²) < 4.78 is 13.6. The van der Waals surface area contributed by atoms with Crippen molar-refractivity contribution in [3.63, 3.8) is 0 Å². The highest BCUT2D eigenvalue weighted by atomic mass is 32.1. The number of halogens is 1. The highest BCUT2D eigenvalue weighted by Gasteiger charge is 2.08. The second-order valence-electron chi connectivity index (χ2n) is 4.55. The van der Waals surface area contributed by atoms with E-state index >= 15 is 0 Å². The fourth-order valence-corrected chi connectivity index (χ4v) is 2.15.